The van der Waals surface area contributed by atoms with E-state index < -0.39 is 42.0 Å². The van der Waals surface area contributed by atoms with Gasteiger partial charge in [0.15, 0.2) is 0 Å². The molecule has 0 saturated heterocycles. The summed E-state index contributed by atoms with van der Waals surface area (Å²) in [7, 11) is 0. The fourth-order valence-electron chi connectivity index (χ4n) is 3.47. The van der Waals surface area contributed by atoms with Gasteiger partial charge in [-0.2, -0.15) is 0 Å². The van der Waals surface area contributed by atoms with E-state index in [4.69, 9.17) is 0 Å². The van der Waals surface area contributed by atoms with Gasteiger partial charge in [0.05, 0.1) is 17.9 Å². The number of carboxylic acid groups (broad SMARTS) is 3. The number of carbonyl (C=O) groups is 3. The van der Waals surface area contributed by atoms with Gasteiger partial charge in [-0.05, 0) is 18.4 Å². The van der Waals surface area contributed by atoms with E-state index in [1.807, 2.05) is 12.1 Å². The topological polar surface area (TPSA) is 120 Å². The molecule has 0 atom stereocenters. The summed E-state index contributed by atoms with van der Waals surface area (Å²) in [5, 5.41) is 33.2. The molecule has 0 aliphatic rings. The Labute approximate surface area is 223 Å². The zero-order chi connectivity index (χ0) is 21.0. The van der Waals surface area contributed by atoms with Gasteiger partial charge in [0, 0.05) is 5.56 Å². The third-order valence-electron chi connectivity index (χ3n) is 4.75. The van der Waals surface area contributed by atoms with Gasteiger partial charge in [-0.1, -0.05) is 63.3 Å². The Kier molecular flexibility index (Phi) is 18.2. The molecule has 0 radical (unpaired) electrons. The van der Waals surface area contributed by atoms with Gasteiger partial charge in [-0.15, -0.1) is 0 Å². The molecular formula is C21H29NNa2O6. The van der Waals surface area contributed by atoms with Gasteiger partial charge in [0.25, 0.3) is 0 Å². The third-order valence-corrected chi connectivity index (χ3v) is 4.75. The fraction of sp³-hybridized carbons (Fsp3) is 0.571. The number of hydrogen-bond acceptors (Lipinski definition) is 6. The number of quaternary nitrogens is 1. The average Bonchev–Trinajstić information content (AvgIpc) is 2.57. The van der Waals surface area contributed by atoms with E-state index in [-0.39, 0.29) is 65.7 Å². The van der Waals surface area contributed by atoms with Crippen molar-refractivity contribution in [3.05, 3.63) is 35.4 Å². The third kappa shape index (κ3) is 13.8. The minimum absolute atomic E-state index is 0. The molecule has 0 unspecified atom stereocenters. The van der Waals surface area contributed by atoms with Crippen LogP contribution in [0.15, 0.2) is 24.3 Å². The quantitative estimate of drug-likeness (QED) is 0.153. The van der Waals surface area contributed by atoms with Crippen molar-refractivity contribution in [3.63, 3.8) is 0 Å². The predicted molar refractivity (Wildman–Crippen MR) is 97.1 cm³/mol. The van der Waals surface area contributed by atoms with Crippen molar-refractivity contribution in [2.75, 3.05) is 19.6 Å². The zero-order valence-corrected chi connectivity index (χ0v) is 22.5. The van der Waals surface area contributed by atoms with Crippen LogP contribution in [-0.4, -0.2) is 42.0 Å². The number of carboxylic acids is 3. The summed E-state index contributed by atoms with van der Waals surface area (Å²) >= 11 is 0. The number of rotatable bonds is 15. The van der Waals surface area contributed by atoms with Crippen LogP contribution in [0.5, 0.6) is 0 Å². The molecule has 0 aliphatic carbocycles. The Morgan fingerprint density at radius 2 is 1.10 bits per heavy atom. The summed E-state index contributed by atoms with van der Waals surface area (Å²) < 4.78 is -0.746. The largest absolute Gasteiger partial charge is 1.00 e. The Morgan fingerprint density at radius 1 is 0.700 bits per heavy atom. The molecule has 1 aromatic rings. The first-order valence-electron chi connectivity index (χ1n) is 9.79. The van der Waals surface area contributed by atoms with Gasteiger partial charge >= 0.3 is 59.1 Å². The molecule has 0 heterocycles. The van der Waals surface area contributed by atoms with E-state index in [0.717, 1.165) is 18.4 Å². The summed E-state index contributed by atoms with van der Waals surface area (Å²) in [6, 6.07) is 7.37. The predicted octanol–water partition coefficient (Wildman–Crippen LogP) is -6.84. The number of hydrogen-bond donors (Lipinski definition) is 0. The normalized spacial score (nSPS) is 10.6. The van der Waals surface area contributed by atoms with Crippen molar-refractivity contribution in [1.29, 1.82) is 0 Å². The molecule has 0 N–H and O–H groups in total. The first kappa shape index (κ1) is 31.8. The molecule has 0 amide bonds. The number of unbranched alkanes of at least 4 members (excludes halogenated alkanes) is 5. The molecule has 9 heteroatoms. The Hall–Kier alpha value is -0.410. The van der Waals surface area contributed by atoms with E-state index in [9.17, 15) is 29.7 Å². The Morgan fingerprint density at radius 3 is 1.53 bits per heavy atom. The average molecular weight is 437 g/mol. The van der Waals surface area contributed by atoms with Crippen LogP contribution in [0.1, 0.15) is 56.6 Å². The number of aryl methyl sites for hydroxylation is 1. The van der Waals surface area contributed by atoms with Crippen molar-refractivity contribution >= 4 is 17.9 Å². The maximum atomic E-state index is 11.1. The summed E-state index contributed by atoms with van der Waals surface area (Å²) in [5.41, 5.74) is 1.78. The minimum Gasteiger partial charge on any atom is -0.544 e. The maximum absolute atomic E-state index is 11.1. The van der Waals surface area contributed by atoms with Crippen LogP contribution in [0.2, 0.25) is 0 Å². The van der Waals surface area contributed by atoms with E-state index in [0.29, 0.717) is 5.56 Å². The van der Waals surface area contributed by atoms with E-state index in [2.05, 4.69) is 6.92 Å². The van der Waals surface area contributed by atoms with Crippen LogP contribution < -0.4 is 74.4 Å². The summed E-state index contributed by atoms with van der Waals surface area (Å²) in [4.78, 5) is 33.2. The molecule has 7 nitrogen and oxygen atoms in total. The van der Waals surface area contributed by atoms with Crippen molar-refractivity contribution in [2.24, 2.45) is 0 Å². The first-order chi connectivity index (χ1) is 13.3. The monoisotopic (exact) mass is 437 g/mol. The minimum atomic E-state index is -1.53. The molecule has 1 aromatic carbocycles. The molecule has 1 rings (SSSR count). The smallest absolute Gasteiger partial charge is 0.544 e. The Balaban J connectivity index is 0. The SMILES string of the molecule is CCCCCCCCc1ccc(C[N+](CC(=O)[O-])(CC(=O)[O-])CC(=O)[O-])cc1.[Na+].[Na+]. The zero-order valence-electron chi connectivity index (χ0n) is 18.5. The summed E-state index contributed by atoms with van der Waals surface area (Å²) in [6.07, 6.45) is 8.15. The number of nitrogens with zero attached hydrogens (tertiary/aromatic N) is 1. The second-order valence-corrected chi connectivity index (χ2v) is 7.42. The molecule has 0 saturated carbocycles. The van der Waals surface area contributed by atoms with E-state index in [1.165, 1.54) is 32.1 Å². The number of carbonyl (C=O) groups excluding carboxylic acids is 3. The van der Waals surface area contributed by atoms with Gasteiger partial charge in [0.2, 0.25) is 0 Å². The van der Waals surface area contributed by atoms with Crippen LogP contribution in [0.3, 0.4) is 0 Å². The molecule has 30 heavy (non-hydrogen) atoms. The molecule has 0 aromatic heterocycles. The molecule has 0 aliphatic heterocycles. The van der Waals surface area contributed by atoms with Gasteiger partial charge in [-0.25, -0.2) is 0 Å². The second-order valence-electron chi connectivity index (χ2n) is 7.42. The molecular weight excluding hydrogens is 408 g/mol. The molecule has 0 spiro atoms. The Bertz CT molecular complexity index is 611. The summed E-state index contributed by atoms with van der Waals surface area (Å²) in [5.74, 6) is -4.58. The molecule has 0 bridgehead atoms. The fourth-order valence-corrected chi connectivity index (χ4v) is 3.47. The van der Waals surface area contributed by atoms with Crippen molar-refractivity contribution < 1.29 is 93.3 Å². The van der Waals surface area contributed by atoms with Gasteiger partial charge in [0.1, 0.15) is 26.2 Å². The number of benzene rings is 1. The molecule has 156 valence electrons. The maximum Gasteiger partial charge on any atom is 1.00 e. The van der Waals surface area contributed by atoms with Crippen LogP contribution in [0.25, 0.3) is 0 Å². The second kappa shape index (κ2) is 17.2. The van der Waals surface area contributed by atoms with Crippen molar-refractivity contribution in [1.82, 2.24) is 0 Å². The van der Waals surface area contributed by atoms with Crippen LogP contribution in [0, 0.1) is 0 Å². The van der Waals surface area contributed by atoms with E-state index >= 15 is 0 Å². The first-order valence-corrected chi connectivity index (χ1v) is 9.79. The van der Waals surface area contributed by atoms with Crippen molar-refractivity contribution in [3.8, 4) is 0 Å². The summed E-state index contributed by atoms with van der Waals surface area (Å²) in [6.45, 7) is -0.139. The van der Waals surface area contributed by atoms with Gasteiger partial charge < -0.3 is 34.2 Å². The van der Waals surface area contributed by atoms with Crippen LogP contribution in [0.4, 0.5) is 0 Å². The van der Waals surface area contributed by atoms with E-state index in [1.54, 1.807) is 12.1 Å². The molecule has 0 fully saturated rings. The van der Waals surface area contributed by atoms with Gasteiger partial charge in [-0.3, -0.25) is 0 Å². The number of aliphatic carboxylic acids is 3. The van der Waals surface area contributed by atoms with Crippen molar-refractivity contribution in [2.45, 2.75) is 58.4 Å². The van der Waals surface area contributed by atoms with Crippen LogP contribution in [-0.2, 0) is 27.3 Å². The van der Waals surface area contributed by atoms with Crippen LogP contribution >= 0.6 is 0 Å². The standard InChI is InChI=1S/C21H31NO6.2Na/c1-2-3-4-5-6-7-8-17-9-11-18(12-10-17)13-22(14-19(23)24,15-20(25)26)16-21(27)28;;/h9-12H,2-8,13-16H2,1H3,(H2-,23,24,25,26,27,28);;/q;2*+1/p-2.